The van der Waals surface area contributed by atoms with Crippen LogP contribution in [0.5, 0.6) is 0 Å². The average Bonchev–Trinajstić information content (AvgIpc) is 2.80. The van der Waals surface area contributed by atoms with Gasteiger partial charge in [-0.2, -0.15) is 5.10 Å². The molecule has 1 N–H and O–H groups in total. The lowest BCUT2D eigenvalue weighted by Crippen LogP contribution is -2.23. The van der Waals surface area contributed by atoms with Crippen LogP contribution < -0.4 is 0 Å². The van der Waals surface area contributed by atoms with Gasteiger partial charge in [-0.25, -0.2) is 4.52 Å². The molecule has 0 aliphatic heterocycles. The zero-order valence-electron chi connectivity index (χ0n) is 11.1. The van der Waals surface area contributed by atoms with Crippen LogP contribution in [-0.4, -0.2) is 27.4 Å². The zero-order chi connectivity index (χ0) is 13.2. The summed E-state index contributed by atoms with van der Waals surface area (Å²) in [4.78, 5) is 0. The van der Waals surface area contributed by atoms with E-state index in [-0.39, 0.29) is 5.60 Å². The Morgan fingerprint density at radius 1 is 1.44 bits per heavy atom. The van der Waals surface area contributed by atoms with Crippen molar-refractivity contribution in [1.29, 1.82) is 0 Å². The maximum atomic E-state index is 10.3. The van der Waals surface area contributed by atoms with E-state index in [1.165, 1.54) is 0 Å². The highest BCUT2D eigenvalue weighted by Gasteiger charge is 2.20. The molecule has 0 bridgehead atoms. The van der Waals surface area contributed by atoms with Gasteiger partial charge in [-0.1, -0.05) is 6.07 Å². The van der Waals surface area contributed by atoms with Crippen LogP contribution in [0.15, 0.2) is 30.6 Å². The number of aliphatic hydroxyl groups excluding tert-OH is 1. The van der Waals surface area contributed by atoms with Gasteiger partial charge >= 0.3 is 0 Å². The molecule has 2 rings (SSSR count). The summed E-state index contributed by atoms with van der Waals surface area (Å²) in [5.41, 5.74) is 1.63. The molecule has 0 aliphatic carbocycles. The molecule has 0 aromatic carbocycles. The van der Waals surface area contributed by atoms with Crippen molar-refractivity contribution in [2.45, 2.75) is 38.4 Å². The molecule has 0 radical (unpaired) electrons. The van der Waals surface area contributed by atoms with Gasteiger partial charge in [-0.05, 0) is 38.8 Å². The zero-order valence-corrected chi connectivity index (χ0v) is 11.1. The fourth-order valence-electron chi connectivity index (χ4n) is 1.95. The van der Waals surface area contributed by atoms with Crippen molar-refractivity contribution in [3.63, 3.8) is 0 Å². The molecule has 0 spiro atoms. The Hall–Kier alpha value is -1.39. The Morgan fingerprint density at radius 3 is 2.94 bits per heavy atom. The molecule has 0 amide bonds. The highest BCUT2D eigenvalue weighted by atomic mass is 16.5. The summed E-state index contributed by atoms with van der Waals surface area (Å²) in [5, 5.41) is 14.5. The summed E-state index contributed by atoms with van der Waals surface area (Å²) in [5.74, 6) is 0. The Morgan fingerprint density at radius 2 is 2.22 bits per heavy atom. The number of aromatic nitrogens is 2. The van der Waals surface area contributed by atoms with Crippen molar-refractivity contribution in [1.82, 2.24) is 9.61 Å². The van der Waals surface area contributed by atoms with Gasteiger partial charge in [0.1, 0.15) is 0 Å². The third-order valence-electron chi connectivity index (χ3n) is 3.39. The molecule has 98 valence electrons. The van der Waals surface area contributed by atoms with E-state index in [1.54, 1.807) is 17.8 Å². The normalized spacial score (nSPS) is 14.0. The summed E-state index contributed by atoms with van der Waals surface area (Å²) in [7, 11) is 1.70. The second kappa shape index (κ2) is 5.08. The average molecular weight is 248 g/mol. The lowest BCUT2D eigenvalue weighted by atomic mass is 9.97. The van der Waals surface area contributed by atoms with Gasteiger partial charge < -0.3 is 9.84 Å². The van der Waals surface area contributed by atoms with Crippen LogP contribution >= 0.6 is 0 Å². The second-order valence-electron chi connectivity index (χ2n) is 5.15. The van der Waals surface area contributed by atoms with Crippen molar-refractivity contribution in [3.8, 4) is 0 Å². The standard InChI is InChI=1S/C14H20N2O2/c1-14(2,18-3)8-7-13(17)11-10-15-16-9-5-4-6-12(11)16/h4-6,9-10,13,17H,7-8H2,1-3H3. The number of fused-ring (bicyclic) bond motifs is 1. The molecule has 4 heteroatoms. The summed E-state index contributed by atoms with van der Waals surface area (Å²) in [6.07, 6.45) is 4.58. The van der Waals surface area contributed by atoms with Gasteiger partial charge in [0, 0.05) is 18.9 Å². The number of nitrogens with zero attached hydrogens (tertiary/aromatic N) is 2. The number of pyridine rings is 1. The van der Waals surface area contributed by atoms with Crippen LogP contribution in [0.25, 0.3) is 5.52 Å². The van der Waals surface area contributed by atoms with Crippen LogP contribution in [0.3, 0.4) is 0 Å². The van der Waals surface area contributed by atoms with Crippen LogP contribution in [0.2, 0.25) is 0 Å². The predicted octanol–water partition coefficient (Wildman–Crippen LogP) is 2.57. The van der Waals surface area contributed by atoms with E-state index in [0.29, 0.717) is 6.42 Å². The topological polar surface area (TPSA) is 46.8 Å². The molecule has 2 aromatic heterocycles. The Kier molecular flexibility index (Phi) is 3.68. The van der Waals surface area contributed by atoms with Gasteiger partial charge in [0.2, 0.25) is 0 Å². The minimum Gasteiger partial charge on any atom is -0.388 e. The van der Waals surface area contributed by atoms with Gasteiger partial charge in [0.05, 0.1) is 23.4 Å². The van der Waals surface area contributed by atoms with Crippen LogP contribution in [-0.2, 0) is 4.74 Å². The molecule has 18 heavy (non-hydrogen) atoms. The first kappa shape index (κ1) is 13.1. The van der Waals surface area contributed by atoms with Gasteiger partial charge in [-0.3, -0.25) is 0 Å². The predicted molar refractivity (Wildman–Crippen MR) is 70.5 cm³/mol. The third kappa shape index (κ3) is 2.71. The Labute approximate surface area is 107 Å². The summed E-state index contributed by atoms with van der Waals surface area (Å²) in [6.45, 7) is 4.05. The van der Waals surface area contributed by atoms with Crippen LogP contribution in [0.4, 0.5) is 0 Å². The van der Waals surface area contributed by atoms with Crippen LogP contribution in [0.1, 0.15) is 38.4 Å². The van der Waals surface area contributed by atoms with Gasteiger partial charge in [0.25, 0.3) is 0 Å². The van der Waals surface area contributed by atoms with E-state index in [0.717, 1.165) is 17.5 Å². The molecule has 4 nitrogen and oxygen atoms in total. The first-order valence-corrected chi connectivity index (χ1v) is 6.19. The van der Waals surface area contributed by atoms with E-state index >= 15 is 0 Å². The largest absolute Gasteiger partial charge is 0.388 e. The molecule has 0 saturated carbocycles. The minimum atomic E-state index is -0.501. The highest BCUT2D eigenvalue weighted by molar-refractivity contribution is 5.54. The molecule has 1 atom stereocenters. The number of hydrogen-bond acceptors (Lipinski definition) is 3. The fourth-order valence-corrected chi connectivity index (χ4v) is 1.95. The minimum absolute atomic E-state index is 0.204. The highest BCUT2D eigenvalue weighted by Crippen LogP contribution is 2.26. The second-order valence-corrected chi connectivity index (χ2v) is 5.15. The summed E-state index contributed by atoms with van der Waals surface area (Å²) >= 11 is 0. The number of ether oxygens (including phenoxy) is 1. The molecule has 2 aromatic rings. The van der Waals surface area contributed by atoms with E-state index in [1.807, 2.05) is 38.2 Å². The number of rotatable bonds is 5. The van der Waals surface area contributed by atoms with Crippen molar-refractivity contribution < 1.29 is 9.84 Å². The number of hydrogen-bond donors (Lipinski definition) is 1. The smallest absolute Gasteiger partial charge is 0.0827 e. The van der Waals surface area contributed by atoms with E-state index < -0.39 is 6.10 Å². The first-order valence-electron chi connectivity index (χ1n) is 6.19. The maximum absolute atomic E-state index is 10.3. The molecule has 1 unspecified atom stereocenters. The van der Waals surface area contributed by atoms with Crippen molar-refractivity contribution in [2.24, 2.45) is 0 Å². The molecular weight excluding hydrogens is 228 g/mol. The van der Waals surface area contributed by atoms with Gasteiger partial charge in [0.15, 0.2) is 0 Å². The molecule has 0 saturated heterocycles. The SMILES string of the molecule is COC(C)(C)CCC(O)c1cnn2ccccc12. The van der Waals surface area contributed by atoms with Crippen molar-refractivity contribution in [2.75, 3.05) is 7.11 Å². The molecule has 2 heterocycles. The molecular formula is C14H20N2O2. The monoisotopic (exact) mass is 248 g/mol. The summed E-state index contributed by atoms with van der Waals surface area (Å²) in [6, 6.07) is 5.84. The molecule has 0 fully saturated rings. The van der Waals surface area contributed by atoms with Crippen molar-refractivity contribution in [3.05, 3.63) is 36.2 Å². The molecule has 0 aliphatic rings. The third-order valence-corrected chi connectivity index (χ3v) is 3.39. The van der Waals surface area contributed by atoms with Gasteiger partial charge in [-0.15, -0.1) is 0 Å². The maximum Gasteiger partial charge on any atom is 0.0827 e. The van der Waals surface area contributed by atoms with E-state index in [2.05, 4.69) is 5.10 Å². The lowest BCUT2D eigenvalue weighted by Gasteiger charge is -2.24. The summed E-state index contributed by atoms with van der Waals surface area (Å²) < 4.78 is 7.14. The van der Waals surface area contributed by atoms with E-state index in [4.69, 9.17) is 4.74 Å². The van der Waals surface area contributed by atoms with Crippen LogP contribution in [0, 0.1) is 0 Å². The first-order chi connectivity index (χ1) is 8.53. The lowest BCUT2D eigenvalue weighted by molar-refractivity contribution is 0.00290. The Balaban J connectivity index is 2.12. The fraction of sp³-hybridized carbons (Fsp3) is 0.500. The Bertz CT molecular complexity index is 519. The van der Waals surface area contributed by atoms with Crippen molar-refractivity contribution >= 4 is 5.52 Å². The number of methoxy groups -OCH3 is 1. The quantitative estimate of drug-likeness (QED) is 0.884. The number of aliphatic hydroxyl groups is 1. The van der Waals surface area contributed by atoms with E-state index in [9.17, 15) is 5.11 Å².